The number of aromatic nitrogens is 5. The van der Waals surface area contributed by atoms with Crippen molar-refractivity contribution < 1.29 is 0 Å². The maximum absolute atomic E-state index is 7.65. The summed E-state index contributed by atoms with van der Waals surface area (Å²) in [5.41, 5.74) is 11.5. The van der Waals surface area contributed by atoms with Crippen molar-refractivity contribution in [1.29, 1.82) is 5.41 Å². The van der Waals surface area contributed by atoms with Gasteiger partial charge in [0.2, 0.25) is 5.95 Å². The number of allylic oxidation sites excluding steroid dienone is 1. The molecule has 9 N–H and O–H groups in total. The van der Waals surface area contributed by atoms with Crippen molar-refractivity contribution in [3.8, 4) is 5.69 Å². The van der Waals surface area contributed by atoms with Crippen LogP contribution in [0.15, 0.2) is 41.8 Å². The van der Waals surface area contributed by atoms with E-state index in [1.54, 1.807) is 10.9 Å². The molecule has 0 saturated heterocycles. The summed E-state index contributed by atoms with van der Waals surface area (Å²) in [6.07, 6.45) is 5.06. The molecule has 0 unspecified atom stereocenters. The first-order valence-electron chi connectivity index (χ1n) is 8.28. The van der Waals surface area contributed by atoms with Gasteiger partial charge in [-0.1, -0.05) is 17.3 Å². The fraction of sp³-hybridized carbons (Fsp3) is 0.125. The highest BCUT2D eigenvalue weighted by Gasteiger charge is 2.09. The fourth-order valence-electron chi connectivity index (χ4n) is 2.47. The molecule has 0 atom stereocenters. The topological polar surface area (TPSA) is 195 Å². The zero-order chi connectivity index (χ0) is 19.9. The zero-order valence-electron chi connectivity index (χ0n) is 14.9. The lowest BCUT2D eigenvalue weighted by atomic mass is 10.1. The number of anilines is 1. The van der Waals surface area contributed by atoms with Crippen LogP contribution in [0.4, 0.5) is 5.95 Å². The number of hydrogen-bond donors (Lipinski definition) is 6. The molecule has 0 aliphatic carbocycles. The second-order valence-electron chi connectivity index (χ2n) is 5.65. The second-order valence-corrected chi connectivity index (χ2v) is 5.65. The van der Waals surface area contributed by atoms with Gasteiger partial charge in [-0.15, -0.1) is 5.10 Å². The van der Waals surface area contributed by atoms with E-state index in [0.29, 0.717) is 35.5 Å². The average Bonchev–Trinajstić information content (AvgIpc) is 3.14. The third-order valence-corrected chi connectivity index (χ3v) is 3.90. The lowest BCUT2D eigenvalue weighted by molar-refractivity contribution is 0.817. The molecule has 3 aromatic rings. The van der Waals surface area contributed by atoms with Crippen LogP contribution in [0.3, 0.4) is 0 Å². The SMILES string of the molecule is N=C/C(=C\NCC/C(=N/N)NN)c1ccc(-n2nnc3cnc(N)nc32)cc1. The molecule has 0 bridgehead atoms. The van der Waals surface area contributed by atoms with E-state index in [1.165, 1.54) is 12.4 Å². The van der Waals surface area contributed by atoms with Crippen LogP contribution in [0, 0.1) is 5.41 Å². The second kappa shape index (κ2) is 8.55. The molecular weight excluding hydrogens is 360 g/mol. The number of nitrogens with zero attached hydrogens (tertiary/aromatic N) is 6. The van der Waals surface area contributed by atoms with E-state index in [9.17, 15) is 0 Å². The maximum atomic E-state index is 7.65. The number of amidine groups is 1. The summed E-state index contributed by atoms with van der Waals surface area (Å²) in [4.78, 5) is 8.08. The molecule has 3 rings (SSSR count). The summed E-state index contributed by atoms with van der Waals surface area (Å²) < 4.78 is 1.58. The summed E-state index contributed by atoms with van der Waals surface area (Å²) in [5, 5.41) is 22.4. The Balaban J connectivity index is 1.75. The Labute approximate surface area is 160 Å². The van der Waals surface area contributed by atoms with Crippen LogP contribution in [0.2, 0.25) is 0 Å². The molecule has 28 heavy (non-hydrogen) atoms. The van der Waals surface area contributed by atoms with Crippen LogP contribution < -0.4 is 28.2 Å². The number of nitrogens with one attached hydrogen (secondary N) is 3. The maximum Gasteiger partial charge on any atom is 0.222 e. The van der Waals surface area contributed by atoms with Gasteiger partial charge in [0.25, 0.3) is 0 Å². The van der Waals surface area contributed by atoms with Crippen LogP contribution in [-0.2, 0) is 0 Å². The van der Waals surface area contributed by atoms with E-state index >= 15 is 0 Å². The van der Waals surface area contributed by atoms with Gasteiger partial charge in [-0.3, -0.25) is 0 Å². The molecule has 12 heteroatoms. The lowest BCUT2D eigenvalue weighted by Crippen LogP contribution is -2.33. The van der Waals surface area contributed by atoms with Crippen molar-refractivity contribution in [3.05, 3.63) is 42.2 Å². The van der Waals surface area contributed by atoms with E-state index in [2.05, 4.69) is 36.1 Å². The first-order valence-corrected chi connectivity index (χ1v) is 8.28. The van der Waals surface area contributed by atoms with Crippen LogP contribution >= 0.6 is 0 Å². The van der Waals surface area contributed by atoms with E-state index in [-0.39, 0.29) is 5.95 Å². The van der Waals surface area contributed by atoms with Crippen molar-refractivity contribution in [3.63, 3.8) is 0 Å². The Bertz CT molecular complexity index is 1020. The van der Waals surface area contributed by atoms with E-state index < -0.39 is 0 Å². The largest absolute Gasteiger partial charge is 0.390 e. The normalized spacial score (nSPS) is 12.2. The quantitative estimate of drug-likeness (QED) is 0.103. The van der Waals surface area contributed by atoms with Gasteiger partial charge in [-0.2, -0.15) is 14.8 Å². The van der Waals surface area contributed by atoms with Gasteiger partial charge in [0.05, 0.1) is 11.9 Å². The van der Waals surface area contributed by atoms with E-state index in [4.69, 9.17) is 22.8 Å². The molecule has 0 saturated carbocycles. The van der Waals surface area contributed by atoms with Crippen molar-refractivity contribution in [2.24, 2.45) is 16.8 Å². The number of hydrazine groups is 1. The molecule has 0 spiro atoms. The number of hydrogen-bond acceptors (Lipinski definition) is 10. The standard InChI is InChI=1S/C16H20N12/c17-7-11(8-21-6-5-14(24-19)25-20)10-1-3-12(4-2-10)28-15-13(26-27-28)9-22-16(18)23-15/h1-4,7-9,17,21H,5-6,19-20H2,(H,24,25)(H2,18,22,23)/b11-8+,17-7?. The number of rotatable bonds is 7. The van der Waals surface area contributed by atoms with Gasteiger partial charge in [-0.25, -0.2) is 10.8 Å². The predicted molar refractivity (Wildman–Crippen MR) is 107 cm³/mol. The van der Waals surface area contributed by atoms with Gasteiger partial charge in [0, 0.05) is 31.0 Å². The minimum Gasteiger partial charge on any atom is -0.390 e. The van der Waals surface area contributed by atoms with Gasteiger partial charge in [-0.05, 0) is 17.7 Å². The summed E-state index contributed by atoms with van der Waals surface area (Å²) in [6, 6.07) is 7.47. The Hall–Kier alpha value is -4.06. The van der Waals surface area contributed by atoms with Gasteiger partial charge >= 0.3 is 0 Å². The summed E-state index contributed by atoms with van der Waals surface area (Å²) in [5.74, 6) is 11.1. The summed E-state index contributed by atoms with van der Waals surface area (Å²) >= 11 is 0. The van der Waals surface area contributed by atoms with Crippen molar-refractivity contribution in [2.75, 3.05) is 12.3 Å². The fourth-order valence-corrected chi connectivity index (χ4v) is 2.47. The Morgan fingerprint density at radius 1 is 1.29 bits per heavy atom. The minimum atomic E-state index is 0.153. The van der Waals surface area contributed by atoms with Crippen LogP contribution in [-0.4, -0.2) is 43.6 Å². The Kier molecular flexibility index (Phi) is 5.72. The van der Waals surface area contributed by atoms with Crippen LogP contribution in [0.5, 0.6) is 0 Å². The van der Waals surface area contributed by atoms with E-state index in [1.807, 2.05) is 24.3 Å². The monoisotopic (exact) mass is 380 g/mol. The highest BCUT2D eigenvalue weighted by Crippen LogP contribution is 2.18. The molecule has 0 radical (unpaired) electrons. The molecule has 144 valence electrons. The number of hydrazone groups is 1. The van der Waals surface area contributed by atoms with Gasteiger partial charge in [0.15, 0.2) is 11.2 Å². The van der Waals surface area contributed by atoms with Crippen molar-refractivity contribution >= 4 is 34.7 Å². The molecule has 1 aromatic carbocycles. The van der Waals surface area contributed by atoms with Crippen LogP contribution in [0.25, 0.3) is 22.4 Å². The number of fused-ring (bicyclic) bond motifs is 1. The smallest absolute Gasteiger partial charge is 0.222 e. The Morgan fingerprint density at radius 3 is 2.75 bits per heavy atom. The molecule has 2 heterocycles. The zero-order valence-corrected chi connectivity index (χ0v) is 14.9. The molecule has 0 amide bonds. The predicted octanol–water partition coefficient (Wildman–Crippen LogP) is -0.502. The minimum absolute atomic E-state index is 0.153. The highest BCUT2D eigenvalue weighted by atomic mass is 15.4. The first kappa shape index (κ1) is 18.7. The first-order chi connectivity index (χ1) is 13.7. The lowest BCUT2D eigenvalue weighted by Gasteiger charge is -2.07. The van der Waals surface area contributed by atoms with Crippen LogP contribution in [0.1, 0.15) is 12.0 Å². The van der Waals surface area contributed by atoms with Gasteiger partial charge in [0.1, 0.15) is 5.84 Å². The molecule has 0 fully saturated rings. The van der Waals surface area contributed by atoms with E-state index in [0.717, 1.165) is 11.3 Å². The third kappa shape index (κ3) is 4.02. The highest BCUT2D eigenvalue weighted by molar-refractivity contribution is 6.08. The third-order valence-electron chi connectivity index (χ3n) is 3.90. The number of nitrogens with two attached hydrogens (primary N) is 3. The summed E-state index contributed by atoms with van der Waals surface area (Å²) in [6.45, 7) is 0.557. The summed E-state index contributed by atoms with van der Waals surface area (Å²) in [7, 11) is 0. The van der Waals surface area contributed by atoms with Crippen molar-refractivity contribution in [2.45, 2.75) is 6.42 Å². The van der Waals surface area contributed by atoms with Crippen molar-refractivity contribution in [1.82, 2.24) is 35.7 Å². The molecular formula is C16H20N12. The number of nitrogen functional groups attached to an aromatic ring is 1. The molecule has 2 aromatic heterocycles. The Morgan fingerprint density at radius 2 is 2.07 bits per heavy atom. The average molecular weight is 380 g/mol. The number of benzene rings is 1. The molecule has 12 nitrogen and oxygen atoms in total. The van der Waals surface area contributed by atoms with Gasteiger partial charge < -0.3 is 27.7 Å². The molecule has 0 aliphatic heterocycles. The molecule has 0 aliphatic rings.